The summed E-state index contributed by atoms with van der Waals surface area (Å²) in [6.07, 6.45) is 3.03. The van der Waals surface area contributed by atoms with Crippen molar-refractivity contribution < 1.29 is 14.7 Å². The van der Waals surface area contributed by atoms with Gasteiger partial charge in [0, 0.05) is 11.9 Å². The van der Waals surface area contributed by atoms with Gasteiger partial charge < -0.3 is 15.4 Å². The zero-order chi connectivity index (χ0) is 16.1. The van der Waals surface area contributed by atoms with Crippen LogP contribution in [0.1, 0.15) is 26.2 Å². The van der Waals surface area contributed by atoms with E-state index < -0.39 is 11.8 Å². The topological polar surface area (TPSA) is 110 Å². The molecule has 0 saturated heterocycles. The summed E-state index contributed by atoms with van der Waals surface area (Å²) < 4.78 is 1.73. The van der Waals surface area contributed by atoms with Crippen molar-refractivity contribution in [2.75, 3.05) is 0 Å². The maximum atomic E-state index is 11.2. The Morgan fingerprint density at radius 1 is 1.27 bits per heavy atom. The molecule has 0 atom stereocenters. The number of aromatic hydroxyl groups is 1. The zero-order valence-corrected chi connectivity index (χ0v) is 12.3. The molecule has 2 amide bonds. The van der Waals surface area contributed by atoms with Crippen LogP contribution in [0.15, 0.2) is 34.5 Å². The molecule has 0 fully saturated rings. The molecule has 1 heterocycles. The highest BCUT2D eigenvalue weighted by molar-refractivity contribution is 6.34. The number of azo groups is 1. The third-order valence-corrected chi connectivity index (χ3v) is 3.35. The Morgan fingerprint density at radius 2 is 2.00 bits per heavy atom. The fourth-order valence-electron chi connectivity index (χ4n) is 2.26. The van der Waals surface area contributed by atoms with E-state index in [-0.39, 0.29) is 11.6 Å². The molecule has 0 radical (unpaired) electrons. The van der Waals surface area contributed by atoms with E-state index in [0.29, 0.717) is 11.9 Å². The molecule has 116 valence electrons. The molecule has 0 aliphatic carbocycles. The van der Waals surface area contributed by atoms with Gasteiger partial charge in [0.2, 0.25) is 5.88 Å². The predicted molar refractivity (Wildman–Crippen MR) is 81.8 cm³/mol. The quantitative estimate of drug-likeness (QED) is 0.503. The molecule has 2 rings (SSSR count). The molecule has 0 bridgehead atoms. The number of para-hydroxylation sites is 1. The van der Waals surface area contributed by atoms with Crippen molar-refractivity contribution >= 4 is 28.4 Å². The molecule has 0 spiro atoms. The summed E-state index contributed by atoms with van der Waals surface area (Å²) in [5.74, 6) is -2.41. The van der Waals surface area contributed by atoms with Crippen LogP contribution >= 0.6 is 0 Å². The fourth-order valence-corrected chi connectivity index (χ4v) is 2.26. The zero-order valence-electron chi connectivity index (χ0n) is 12.3. The van der Waals surface area contributed by atoms with E-state index >= 15 is 0 Å². The van der Waals surface area contributed by atoms with E-state index in [4.69, 9.17) is 5.73 Å². The predicted octanol–water partition coefficient (Wildman–Crippen LogP) is 2.63. The van der Waals surface area contributed by atoms with Crippen LogP contribution in [0.5, 0.6) is 5.88 Å². The number of primary amides is 1. The summed E-state index contributed by atoms with van der Waals surface area (Å²) in [6.45, 7) is 2.74. The van der Waals surface area contributed by atoms with Crippen molar-refractivity contribution in [1.82, 2.24) is 4.57 Å². The molecule has 7 nitrogen and oxygen atoms in total. The number of amides is 2. The second-order valence-electron chi connectivity index (χ2n) is 4.92. The van der Waals surface area contributed by atoms with E-state index in [1.165, 1.54) is 0 Å². The smallest absolute Gasteiger partial charge is 0.353 e. The van der Waals surface area contributed by atoms with Crippen LogP contribution in [0, 0.1) is 0 Å². The van der Waals surface area contributed by atoms with Crippen LogP contribution in [0.2, 0.25) is 0 Å². The molecule has 2 aromatic rings. The number of carbonyl (C=O) groups is 2. The van der Waals surface area contributed by atoms with Gasteiger partial charge in [-0.1, -0.05) is 38.0 Å². The summed E-state index contributed by atoms with van der Waals surface area (Å²) in [7, 11) is 0. The van der Waals surface area contributed by atoms with Gasteiger partial charge in [-0.2, -0.15) is 0 Å². The molecular formula is C15H18N4O3. The number of hydrogen-bond acceptors (Lipinski definition) is 4. The number of carbonyl (C=O) groups excluding carboxylic acids is 2. The SMILES string of the molecule is CCCCCn1c(O)c(N=NC(=O)C(N)=O)c2ccccc21. The van der Waals surface area contributed by atoms with E-state index in [9.17, 15) is 14.7 Å². The third-order valence-electron chi connectivity index (χ3n) is 3.35. The van der Waals surface area contributed by atoms with Gasteiger partial charge in [0.1, 0.15) is 0 Å². The Hall–Kier alpha value is -2.70. The number of fused-ring (bicyclic) bond motifs is 1. The summed E-state index contributed by atoms with van der Waals surface area (Å²) in [4.78, 5) is 21.9. The standard InChI is InChI=1S/C15H18N4O3/c1-2-3-6-9-19-11-8-5-4-7-10(11)12(15(19)22)17-18-14(21)13(16)20/h4-5,7-8,22H,2-3,6,9H2,1H3,(H2,16,20). The van der Waals surface area contributed by atoms with Crippen molar-refractivity contribution in [3.05, 3.63) is 24.3 Å². The summed E-state index contributed by atoms with van der Waals surface area (Å²) in [5.41, 5.74) is 5.80. The highest BCUT2D eigenvalue weighted by Crippen LogP contribution is 2.38. The van der Waals surface area contributed by atoms with Crippen molar-refractivity contribution in [3.8, 4) is 5.88 Å². The average Bonchev–Trinajstić information content (AvgIpc) is 2.77. The van der Waals surface area contributed by atoms with Crippen LogP contribution in [0.3, 0.4) is 0 Å². The number of nitrogens with zero attached hydrogens (tertiary/aromatic N) is 3. The highest BCUT2D eigenvalue weighted by atomic mass is 16.3. The van der Waals surface area contributed by atoms with Crippen LogP contribution in [0.25, 0.3) is 10.9 Å². The molecule has 7 heteroatoms. The van der Waals surface area contributed by atoms with Gasteiger partial charge in [0.15, 0.2) is 5.69 Å². The van der Waals surface area contributed by atoms with Gasteiger partial charge in [-0.3, -0.25) is 9.59 Å². The number of hydrogen-bond donors (Lipinski definition) is 2. The maximum absolute atomic E-state index is 11.2. The molecule has 22 heavy (non-hydrogen) atoms. The van der Waals surface area contributed by atoms with E-state index in [2.05, 4.69) is 17.2 Å². The van der Waals surface area contributed by atoms with Gasteiger partial charge in [-0.25, -0.2) is 0 Å². The lowest BCUT2D eigenvalue weighted by atomic mass is 10.2. The summed E-state index contributed by atoms with van der Waals surface area (Å²) >= 11 is 0. The van der Waals surface area contributed by atoms with Gasteiger partial charge in [0.25, 0.3) is 0 Å². The minimum absolute atomic E-state index is 0.0710. The van der Waals surface area contributed by atoms with E-state index in [0.717, 1.165) is 24.8 Å². The number of rotatable bonds is 5. The molecule has 1 aromatic heterocycles. The first-order valence-electron chi connectivity index (χ1n) is 7.12. The second-order valence-corrected chi connectivity index (χ2v) is 4.92. The fraction of sp³-hybridized carbons (Fsp3) is 0.333. The lowest BCUT2D eigenvalue weighted by molar-refractivity contribution is -0.135. The van der Waals surface area contributed by atoms with Crippen LogP contribution in [-0.4, -0.2) is 21.5 Å². The minimum atomic E-state index is -1.19. The molecule has 0 aliphatic rings. The molecule has 0 unspecified atom stereocenters. The first kappa shape index (κ1) is 15.7. The third kappa shape index (κ3) is 3.13. The molecule has 1 aromatic carbocycles. The first-order valence-corrected chi connectivity index (χ1v) is 7.12. The van der Waals surface area contributed by atoms with Crippen molar-refractivity contribution in [2.45, 2.75) is 32.7 Å². The normalized spacial score (nSPS) is 11.3. The van der Waals surface area contributed by atoms with Gasteiger partial charge in [-0.15, -0.1) is 10.2 Å². The van der Waals surface area contributed by atoms with E-state index in [1.807, 2.05) is 12.1 Å². The highest BCUT2D eigenvalue weighted by Gasteiger charge is 2.17. The number of unbranched alkanes of at least 4 members (excludes halogenated alkanes) is 2. The van der Waals surface area contributed by atoms with E-state index in [1.54, 1.807) is 16.7 Å². The number of nitrogens with two attached hydrogens (primary N) is 1. The largest absolute Gasteiger partial charge is 0.493 e. The number of aryl methyl sites for hydroxylation is 1. The lowest BCUT2D eigenvalue weighted by Gasteiger charge is -2.05. The van der Waals surface area contributed by atoms with Crippen LogP contribution in [0.4, 0.5) is 5.69 Å². The Kier molecular flexibility index (Phi) is 4.88. The maximum Gasteiger partial charge on any atom is 0.353 e. The van der Waals surface area contributed by atoms with Crippen molar-refractivity contribution in [3.63, 3.8) is 0 Å². The average molecular weight is 302 g/mol. The molecular weight excluding hydrogens is 284 g/mol. The minimum Gasteiger partial charge on any atom is -0.493 e. The van der Waals surface area contributed by atoms with Gasteiger partial charge >= 0.3 is 11.8 Å². The van der Waals surface area contributed by atoms with Crippen molar-refractivity contribution in [2.24, 2.45) is 16.0 Å². The van der Waals surface area contributed by atoms with Crippen LogP contribution < -0.4 is 5.73 Å². The lowest BCUT2D eigenvalue weighted by Crippen LogP contribution is -2.20. The Bertz CT molecular complexity index is 734. The van der Waals surface area contributed by atoms with Gasteiger partial charge in [-0.05, 0) is 12.5 Å². The monoisotopic (exact) mass is 302 g/mol. The van der Waals surface area contributed by atoms with Crippen molar-refractivity contribution in [1.29, 1.82) is 0 Å². The van der Waals surface area contributed by atoms with Gasteiger partial charge in [0.05, 0.1) is 5.52 Å². The second kappa shape index (κ2) is 6.84. The Morgan fingerprint density at radius 3 is 2.68 bits per heavy atom. The molecule has 0 saturated carbocycles. The summed E-state index contributed by atoms with van der Waals surface area (Å²) in [5, 5.41) is 18.0. The Balaban J connectivity index is 2.43. The summed E-state index contributed by atoms with van der Waals surface area (Å²) in [6, 6.07) is 7.28. The molecule has 3 N–H and O–H groups in total. The van der Waals surface area contributed by atoms with Crippen LogP contribution in [-0.2, 0) is 16.1 Å². The first-order chi connectivity index (χ1) is 10.6. The Labute approximate surface area is 127 Å². The number of aromatic nitrogens is 1. The number of benzene rings is 1. The molecule has 0 aliphatic heterocycles.